The second kappa shape index (κ2) is 32.3. The molecule has 60 heavy (non-hydrogen) atoms. The molecule has 0 unspecified atom stereocenters. The van der Waals surface area contributed by atoms with Crippen LogP contribution in [0.25, 0.3) is 43.6 Å². The molecule has 0 spiro atoms. The van der Waals surface area contributed by atoms with Gasteiger partial charge in [0.05, 0.1) is 60.7 Å². The van der Waals surface area contributed by atoms with Crippen LogP contribution in [-0.2, 0) is 7.05 Å². The number of aromatic nitrogens is 4. The Bertz CT molecular complexity index is 2800. The zero-order chi connectivity index (χ0) is 42.5. The summed E-state index contributed by atoms with van der Waals surface area (Å²) < 4.78 is 49.7. The third-order valence-corrected chi connectivity index (χ3v) is 6.65. The van der Waals surface area contributed by atoms with Crippen LogP contribution in [0.2, 0.25) is 0 Å². The number of aryl methyl sites for hydroxylation is 1. The van der Waals surface area contributed by atoms with Crippen molar-refractivity contribution in [2.75, 3.05) is 14.3 Å². The number of rotatable bonds is 0. The summed E-state index contributed by atoms with van der Waals surface area (Å²) in [7, 11) is -0.437. The van der Waals surface area contributed by atoms with Crippen LogP contribution >= 0.6 is 0 Å². The minimum atomic E-state index is -1.00. The van der Waals surface area contributed by atoms with Gasteiger partial charge in [0.2, 0.25) is 0 Å². The summed E-state index contributed by atoms with van der Waals surface area (Å²) in [6, 6.07) is 26.9. The smallest absolute Gasteiger partial charge is 1.00 e. The van der Waals surface area contributed by atoms with Gasteiger partial charge in [0.25, 0.3) is 0 Å². The van der Waals surface area contributed by atoms with Crippen LogP contribution in [0.3, 0.4) is 0 Å². The number of fused-ring (bicyclic) bond motifs is 4. The van der Waals surface area contributed by atoms with Gasteiger partial charge in [-0.3, -0.25) is 28.3 Å². The van der Waals surface area contributed by atoms with Gasteiger partial charge in [-0.15, -0.1) is 0 Å². The van der Waals surface area contributed by atoms with Crippen LogP contribution in [0.4, 0.5) is 8.78 Å². The van der Waals surface area contributed by atoms with Gasteiger partial charge in [0, 0.05) is 7.05 Å². The minimum Gasteiger partial charge on any atom is -1.00 e. The number of H-pyrrole nitrogens is 3. The summed E-state index contributed by atoms with van der Waals surface area (Å²) in [6.07, 6.45) is 0. The minimum absolute atomic E-state index is 0. The van der Waals surface area contributed by atoms with E-state index in [1.165, 1.54) is 4.57 Å². The molecular weight excluding hydrogens is 823 g/mol. The zero-order valence-corrected chi connectivity index (χ0v) is 38.3. The predicted octanol–water partition coefficient (Wildman–Crippen LogP) is -3.25. The Balaban J connectivity index is -0.000000126. The van der Waals surface area contributed by atoms with Crippen molar-refractivity contribution in [2.24, 2.45) is 7.05 Å². The van der Waals surface area contributed by atoms with Gasteiger partial charge >= 0.3 is 134 Å². The first-order valence-corrected chi connectivity index (χ1v) is 15.5. The average molecular weight is 871 g/mol. The van der Waals surface area contributed by atoms with Crippen LogP contribution in [0.1, 0.15) is 35.7 Å². The number of halogens is 2. The normalized spacial score (nSPS) is 9.22. The Morgan fingerprint density at radius 1 is 0.483 bits per heavy atom. The topological polar surface area (TPSA) is 241 Å². The molecule has 8 rings (SSSR count). The molecule has 3 N–H and O–H groups in total. The Hall–Kier alpha value is -4.50. The first-order chi connectivity index (χ1) is 27.3. The summed E-state index contributed by atoms with van der Waals surface area (Å²) in [6.45, 7) is 4.00. The molecule has 4 aromatic carbocycles. The number of nitrogens with zero attached hydrogens (tertiary/aromatic N) is 1. The number of benzene rings is 4. The molecule has 0 saturated carbocycles. The van der Waals surface area contributed by atoms with E-state index in [1.54, 1.807) is 104 Å². The number of alkyl halides is 2. The molecule has 0 saturated heterocycles. The number of para-hydroxylation sites is 4. The molecule has 0 aliphatic heterocycles. The Morgan fingerprint density at radius 2 is 0.733 bits per heavy atom. The molecule has 21 heteroatoms. The van der Waals surface area contributed by atoms with E-state index in [1.807, 2.05) is 13.8 Å². The predicted molar refractivity (Wildman–Crippen MR) is 219 cm³/mol. The van der Waals surface area contributed by atoms with E-state index < -0.39 is 59.8 Å². The molecule has 4 heterocycles. The van der Waals surface area contributed by atoms with E-state index in [-0.39, 0.29) is 108 Å². The van der Waals surface area contributed by atoms with Crippen LogP contribution in [-0.4, -0.2) is 33.8 Å². The van der Waals surface area contributed by atoms with Crippen molar-refractivity contribution in [3.8, 4) is 0 Å². The quantitative estimate of drug-likeness (QED) is 0.128. The fourth-order valence-corrected chi connectivity index (χ4v) is 4.37. The molecule has 0 bridgehead atoms. The molecule has 0 atom stereocenters. The van der Waals surface area contributed by atoms with Crippen LogP contribution < -0.4 is 134 Å². The fourth-order valence-electron chi connectivity index (χ4n) is 4.37. The monoisotopic (exact) mass is 870 g/mol. The van der Waals surface area contributed by atoms with Crippen LogP contribution in [0.15, 0.2) is 153 Å². The molecule has 0 aliphatic rings. The number of hydrogen-bond donors (Lipinski definition) is 3. The van der Waals surface area contributed by atoms with Gasteiger partial charge in [-0.1, -0.05) is 77.2 Å². The number of hydrogen-bond acceptors (Lipinski definition) is 12. The summed E-state index contributed by atoms with van der Waals surface area (Å²) in [5.74, 6) is -2.81. The van der Waals surface area contributed by atoms with Gasteiger partial charge in [-0.25, -0.2) is 38.4 Å². The summed E-state index contributed by atoms with van der Waals surface area (Å²) in [5.41, 5.74) is -0.309. The Morgan fingerprint density at radius 3 is 1.05 bits per heavy atom. The van der Waals surface area contributed by atoms with E-state index in [2.05, 4.69) is 32.6 Å². The molecule has 0 radical (unpaired) electrons. The van der Waals surface area contributed by atoms with E-state index in [4.69, 9.17) is 2.74 Å². The molecule has 8 aromatic rings. The van der Waals surface area contributed by atoms with E-state index in [0.29, 0.717) is 43.6 Å². The Labute approximate surface area is 412 Å². The van der Waals surface area contributed by atoms with Crippen molar-refractivity contribution >= 4 is 43.6 Å². The van der Waals surface area contributed by atoms with E-state index >= 15 is 0 Å². The maximum Gasteiger partial charge on any atom is 1.00 e. The first-order valence-electron chi connectivity index (χ1n) is 16.9. The number of nitrogens with one attached hydrogen (secondary N) is 3. The van der Waals surface area contributed by atoms with E-state index in [9.17, 15) is 47.1 Å². The fraction of sp³-hybridized carbons (Fsp3) is 0.179. The van der Waals surface area contributed by atoms with Gasteiger partial charge in [0.1, 0.15) is 0 Å². The third-order valence-electron chi connectivity index (χ3n) is 6.65. The van der Waals surface area contributed by atoms with Crippen molar-refractivity contribution in [1.82, 2.24) is 19.5 Å². The second-order valence-corrected chi connectivity index (χ2v) is 9.77. The third kappa shape index (κ3) is 17.6. The Kier molecular flexibility index (Phi) is 31.0. The second-order valence-electron chi connectivity index (χ2n) is 9.77. The summed E-state index contributed by atoms with van der Waals surface area (Å²) >= 11 is 0. The first kappa shape index (κ1) is 57.6. The van der Waals surface area contributed by atoms with E-state index in [0.717, 1.165) is 0 Å². The SMILES string of the molecule is C.C.CC.Cn1c(=O)oc(=O)c2ccccc21.O=c1[nH]c2ccccc2c(=O)o1.O=c1[nH]c2ccccc2c(=O)o1.O=c1[nH]c2ccccc2c(=O)o1.[2H]CF.[2H]CF.[H-].[H-].[H-].[Na+].[Na+].[Na+]. The summed E-state index contributed by atoms with van der Waals surface area (Å²) in [4.78, 5) is 94.5. The van der Waals surface area contributed by atoms with Crippen molar-refractivity contribution in [3.05, 3.63) is 181 Å². The molecule has 4 aromatic heterocycles. The van der Waals surface area contributed by atoms with Crippen molar-refractivity contribution < 1.29 is 122 Å². The standard InChI is InChI=1S/C9H7NO3.3C8H5NO3.C2H6.2CH3F.2CH4.3Na.3H/c1-10-7-5-3-2-4-6(7)8(11)13-9(10)12;3*10-7-5-3-1-2-4-6(5)9-8(11)12-7;3*1-2;;;;;;;;/h2-5H,1H3;3*1-4H,(H,9,11);1-2H3;2*1H3;2*1H4;;;;;;/q;;;;;;;;;3*+1;3*-1/i;;;;;2*1D;;;;;;;;. The van der Waals surface area contributed by atoms with Gasteiger partial charge in [0.15, 0.2) is 0 Å². The van der Waals surface area contributed by atoms with Crippen molar-refractivity contribution in [1.29, 1.82) is 0 Å². The van der Waals surface area contributed by atoms with Gasteiger partial charge in [-0.2, -0.15) is 0 Å². The maximum absolute atomic E-state index is 11.2. The molecule has 16 nitrogen and oxygen atoms in total. The molecule has 0 fully saturated rings. The van der Waals surface area contributed by atoms with Gasteiger partial charge < -0.3 is 21.9 Å². The van der Waals surface area contributed by atoms with Crippen LogP contribution in [0.5, 0.6) is 0 Å². The zero-order valence-electron chi connectivity index (χ0n) is 37.3. The largest absolute Gasteiger partial charge is 1.00 e. The van der Waals surface area contributed by atoms with Crippen molar-refractivity contribution in [2.45, 2.75) is 28.7 Å². The molecule has 310 valence electrons. The summed E-state index contributed by atoms with van der Waals surface area (Å²) in [5, 5.41) is 1.58. The van der Waals surface area contributed by atoms with Crippen molar-refractivity contribution in [3.63, 3.8) is 0 Å². The van der Waals surface area contributed by atoms with Gasteiger partial charge in [-0.05, 0) is 48.5 Å². The maximum atomic E-state index is 11.2. The molecule has 0 aliphatic carbocycles. The van der Waals surface area contributed by atoms with Crippen LogP contribution in [0, 0.1) is 0 Å². The molecule has 0 amide bonds. The average Bonchev–Trinajstić information content (AvgIpc) is 3.19. The number of aromatic amines is 3. The molecular formula is C39H45F2N4Na3O12.